The summed E-state index contributed by atoms with van der Waals surface area (Å²) in [7, 11) is 0. The summed E-state index contributed by atoms with van der Waals surface area (Å²) < 4.78 is 4.98. The number of aromatic nitrogens is 2. The smallest absolute Gasteiger partial charge is 0.356 e. The van der Waals surface area contributed by atoms with Crippen LogP contribution in [0.1, 0.15) is 60.1 Å². The lowest BCUT2D eigenvalue weighted by Crippen LogP contribution is -2.04. The van der Waals surface area contributed by atoms with Crippen molar-refractivity contribution in [3.63, 3.8) is 0 Å². The second kappa shape index (κ2) is 9.31. The van der Waals surface area contributed by atoms with Crippen LogP contribution < -0.4 is 0 Å². The zero-order valence-corrected chi connectivity index (χ0v) is 17.5. The minimum absolute atomic E-state index is 0.344. The van der Waals surface area contributed by atoms with E-state index in [0.717, 1.165) is 17.3 Å². The normalized spacial score (nSPS) is 12.6. The van der Waals surface area contributed by atoms with Gasteiger partial charge in [0.15, 0.2) is 5.16 Å². The Bertz CT molecular complexity index is 937. The van der Waals surface area contributed by atoms with Gasteiger partial charge in [-0.05, 0) is 42.0 Å². The highest BCUT2D eigenvalue weighted by Crippen LogP contribution is 2.46. The van der Waals surface area contributed by atoms with E-state index < -0.39 is 0 Å². The number of rotatable bonds is 9. The topological polar surface area (TPSA) is 55.0 Å². The van der Waals surface area contributed by atoms with Crippen LogP contribution in [0.25, 0.3) is 11.1 Å². The van der Waals surface area contributed by atoms with E-state index in [1.165, 1.54) is 41.5 Å². The molecule has 0 unspecified atom stereocenters. The third-order valence-electron chi connectivity index (χ3n) is 5.39. The van der Waals surface area contributed by atoms with Gasteiger partial charge in [0.2, 0.25) is 0 Å². The molecule has 3 aromatic rings. The van der Waals surface area contributed by atoms with Gasteiger partial charge in [-0.1, -0.05) is 73.1 Å². The van der Waals surface area contributed by atoms with E-state index in [1.807, 2.05) is 0 Å². The Morgan fingerprint density at radius 2 is 1.72 bits per heavy atom. The highest BCUT2D eigenvalue weighted by molar-refractivity contribution is 7.99. The molecule has 0 radical (unpaired) electrons. The first kappa shape index (κ1) is 19.8. The number of hydrogen-bond donors (Lipinski definition) is 1. The van der Waals surface area contributed by atoms with Gasteiger partial charge in [0.1, 0.15) is 5.69 Å². The summed E-state index contributed by atoms with van der Waals surface area (Å²) in [4.78, 5) is 19.0. The molecule has 0 bridgehead atoms. The molecule has 1 aromatic heterocycles. The van der Waals surface area contributed by atoms with E-state index in [-0.39, 0.29) is 5.97 Å². The monoisotopic (exact) mass is 406 g/mol. The predicted octanol–water partition coefficient (Wildman–Crippen LogP) is 6.05. The van der Waals surface area contributed by atoms with E-state index in [4.69, 9.17) is 4.74 Å². The molecule has 0 spiro atoms. The molecule has 1 N–H and O–H groups in total. The molecule has 1 aliphatic rings. The molecule has 0 saturated heterocycles. The van der Waals surface area contributed by atoms with Crippen LogP contribution in [0, 0.1) is 0 Å². The van der Waals surface area contributed by atoms with Crippen LogP contribution in [-0.2, 0) is 4.74 Å². The Labute approximate surface area is 176 Å². The highest BCUT2D eigenvalue weighted by atomic mass is 32.2. The van der Waals surface area contributed by atoms with Crippen molar-refractivity contribution in [1.29, 1.82) is 0 Å². The molecule has 2 aromatic carbocycles. The first-order chi connectivity index (χ1) is 14.3. The van der Waals surface area contributed by atoms with Crippen molar-refractivity contribution >= 4 is 17.7 Å². The molecule has 150 valence electrons. The molecule has 1 aliphatic carbocycles. The average molecular weight is 407 g/mol. The van der Waals surface area contributed by atoms with Gasteiger partial charge >= 0.3 is 5.97 Å². The number of imidazole rings is 1. The lowest BCUT2D eigenvalue weighted by atomic mass is 9.91. The van der Waals surface area contributed by atoms with E-state index in [1.54, 1.807) is 24.9 Å². The second-order valence-electron chi connectivity index (χ2n) is 7.25. The molecule has 5 heteroatoms. The highest BCUT2D eigenvalue weighted by Gasteiger charge is 2.27. The number of esters is 1. The molecular weight excluding hydrogens is 380 g/mol. The van der Waals surface area contributed by atoms with Crippen molar-refractivity contribution in [1.82, 2.24) is 9.97 Å². The number of benzene rings is 2. The summed E-state index contributed by atoms with van der Waals surface area (Å²) in [5.74, 6) is 1.17. The van der Waals surface area contributed by atoms with Gasteiger partial charge in [-0.3, -0.25) is 0 Å². The summed E-state index contributed by atoms with van der Waals surface area (Å²) >= 11 is 1.66. The summed E-state index contributed by atoms with van der Waals surface area (Å²) in [5, 5.41) is 0.784. The summed E-state index contributed by atoms with van der Waals surface area (Å²) in [6.07, 6.45) is 6.28. The Morgan fingerprint density at radius 1 is 1.03 bits per heavy atom. The summed E-state index contributed by atoms with van der Waals surface area (Å²) in [6.45, 7) is 2.17. The number of unbranched alkanes of at least 4 members (excludes halogenated alkanes) is 2. The Morgan fingerprint density at radius 3 is 2.41 bits per heavy atom. The number of aromatic amines is 1. The van der Waals surface area contributed by atoms with Crippen LogP contribution >= 0.6 is 11.8 Å². The standard InChI is InChI=1S/C24H26N2O2S/c1-2-28-23(27)22-16-25-24(26-22)29-15-9-3-4-10-17-18-11-5-7-13-20(18)21-14-8-6-12-19(17)21/h5-8,11-14,16-17H,2-4,9-10,15H2,1H3,(H,25,26). The van der Waals surface area contributed by atoms with Crippen LogP contribution in [0.4, 0.5) is 0 Å². The Balaban J connectivity index is 1.24. The average Bonchev–Trinajstić information content (AvgIpc) is 3.34. The molecule has 1 heterocycles. The van der Waals surface area contributed by atoms with Crippen LogP contribution in [0.3, 0.4) is 0 Å². The van der Waals surface area contributed by atoms with Crippen molar-refractivity contribution in [2.75, 3.05) is 12.4 Å². The van der Waals surface area contributed by atoms with Crippen molar-refractivity contribution in [2.24, 2.45) is 0 Å². The fraction of sp³-hybridized carbons (Fsp3) is 0.333. The van der Waals surface area contributed by atoms with Gasteiger partial charge in [0, 0.05) is 11.7 Å². The van der Waals surface area contributed by atoms with E-state index in [2.05, 4.69) is 58.5 Å². The van der Waals surface area contributed by atoms with Gasteiger partial charge in [-0.15, -0.1) is 0 Å². The number of hydrogen-bond acceptors (Lipinski definition) is 4. The molecule has 0 aliphatic heterocycles. The van der Waals surface area contributed by atoms with Gasteiger partial charge < -0.3 is 9.72 Å². The van der Waals surface area contributed by atoms with Crippen LogP contribution in [0.15, 0.2) is 59.9 Å². The molecule has 29 heavy (non-hydrogen) atoms. The molecule has 0 saturated carbocycles. The van der Waals surface area contributed by atoms with E-state index in [0.29, 0.717) is 18.2 Å². The largest absolute Gasteiger partial charge is 0.461 e. The Hall–Kier alpha value is -2.53. The van der Waals surface area contributed by atoms with E-state index in [9.17, 15) is 4.79 Å². The molecule has 0 atom stereocenters. The quantitative estimate of drug-likeness (QED) is 0.267. The minimum Gasteiger partial charge on any atom is -0.461 e. The fourth-order valence-electron chi connectivity index (χ4n) is 4.06. The fourth-order valence-corrected chi connectivity index (χ4v) is 4.91. The van der Waals surface area contributed by atoms with Gasteiger partial charge in [0.25, 0.3) is 0 Å². The lowest BCUT2D eigenvalue weighted by molar-refractivity contribution is 0.0519. The lowest BCUT2D eigenvalue weighted by Gasteiger charge is -2.13. The van der Waals surface area contributed by atoms with Gasteiger partial charge in [-0.25, -0.2) is 9.78 Å². The number of fused-ring (bicyclic) bond motifs is 3. The number of H-pyrrole nitrogens is 1. The first-order valence-electron chi connectivity index (χ1n) is 10.3. The number of carbonyl (C=O) groups is 1. The zero-order chi connectivity index (χ0) is 20.1. The second-order valence-corrected chi connectivity index (χ2v) is 8.33. The number of nitrogens with zero attached hydrogens (tertiary/aromatic N) is 1. The van der Waals surface area contributed by atoms with Gasteiger partial charge in [-0.2, -0.15) is 0 Å². The molecule has 4 nitrogen and oxygen atoms in total. The number of nitrogens with one attached hydrogen (secondary N) is 1. The molecule has 0 fully saturated rings. The van der Waals surface area contributed by atoms with Crippen molar-refractivity contribution in [3.8, 4) is 11.1 Å². The van der Waals surface area contributed by atoms with Crippen molar-refractivity contribution in [2.45, 2.75) is 43.7 Å². The number of carbonyl (C=O) groups excluding carboxylic acids is 1. The van der Waals surface area contributed by atoms with Crippen LogP contribution in [0.5, 0.6) is 0 Å². The summed E-state index contributed by atoms with van der Waals surface area (Å²) in [6, 6.07) is 17.7. The van der Waals surface area contributed by atoms with Crippen LogP contribution in [0.2, 0.25) is 0 Å². The number of ether oxygens (including phenoxy) is 1. The third-order valence-corrected chi connectivity index (χ3v) is 6.36. The Kier molecular flexibility index (Phi) is 6.35. The maximum absolute atomic E-state index is 11.7. The van der Waals surface area contributed by atoms with E-state index >= 15 is 0 Å². The summed E-state index contributed by atoms with van der Waals surface area (Å²) in [5.41, 5.74) is 6.18. The van der Waals surface area contributed by atoms with Crippen molar-refractivity contribution < 1.29 is 9.53 Å². The molecular formula is C24H26N2O2S. The van der Waals surface area contributed by atoms with Gasteiger partial charge in [0.05, 0.1) is 12.8 Å². The zero-order valence-electron chi connectivity index (χ0n) is 16.7. The molecule has 4 rings (SSSR count). The predicted molar refractivity (Wildman–Crippen MR) is 117 cm³/mol. The van der Waals surface area contributed by atoms with Crippen molar-refractivity contribution in [3.05, 3.63) is 71.5 Å². The van der Waals surface area contributed by atoms with Crippen LogP contribution in [-0.4, -0.2) is 28.3 Å². The SMILES string of the molecule is CCOC(=O)c1cnc(SCCCCCC2c3ccccc3-c3ccccc32)[nH]1. The molecule has 0 amide bonds. The first-order valence-corrected chi connectivity index (χ1v) is 11.3. The maximum Gasteiger partial charge on any atom is 0.356 e. The minimum atomic E-state index is -0.344. The third kappa shape index (κ3) is 4.40. The number of thioether (sulfide) groups is 1. The maximum atomic E-state index is 11.7.